The molecule has 1 aromatic heterocycles. The van der Waals surface area contributed by atoms with Crippen LogP contribution in [0.5, 0.6) is 0 Å². The molecule has 0 atom stereocenters. The molecule has 2 rings (SSSR count). The summed E-state index contributed by atoms with van der Waals surface area (Å²) in [6.07, 6.45) is 1.54. The normalized spacial score (nSPS) is 10.1. The molecular weight excluding hydrogens is 201 g/mol. The monoisotopic (exact) mass is 206 g/mol. The van der Waals surface area contributed by atoms with Crippen LogP contribution in [0.25, 0.3) is 11.1 Å². The first kappa shape index (κ1) is 9.16. The maximum atomic E-state index is 13.3. The third-order valence-corrected chi connectivity index (χ3v) is 2.07. The summed E-state index contributed by atoms with van der Waals surface area (Å²) in [5, 5.41) is 0.397. The maximum Gasteiger partial charge on any atom is 0.139 e. The van der Waals surface area contributed by atoms with Gasteiger partial charge >= 0.3 is 0 Å². The van der Waals surface area contributed by atoms with Crippen LogP contribution in [-0.2, 0) is 0 Å². The number of benzene rings is 1. The fourth-order valence-corrected chi connectivity index (χ4v) is 1.29. The third kappa shape index (κ3) is 1.75. The lowest BCUT2D eigenvalue weighted by molar-refractivity contribution is 0.629. The van der Waals surface area contributed by atoms with E-state index >= 15 is 0 Å². The predicted molar refractivity (Wildman–Crippen MR) is 53.5 cm³/mol. The molecule has 1 aromatic carbocycles. The van der Waals surface area contributed by atoms with Gasteiger partial charge in [0.1, 0.15) is 11.0 Å². The van der Waals surface area contributed by atoms with Crippen LogP contribution in [0.4, 0.5) is 4.39 Å². The van der Waals surface area contributed by atoms with Crippen LogP contribution in [0.3, 0.4) is 0 Å². The van der Waals surface area contributed by atoms with E-state index in [1.165, 1.54) is 12.3 Å². The van der Waals surface area contributed by atoms with Crippen molar-refractivity contribution < 1.29 is 4.39 Å². The Bertz CT molecular complexity index is 439. The van der Waals surface area contributed by atoms with Crippen molar-refractivity contribution in [3.8, 4) is 11.1 Å². The largest absolute Gasteiger partial charge is 0.244 e. The summed E-state index contributed by atoms with van der Waals surface area (Å²) in [7, 11) is 0. The number of aromatic nitrogens is 1. The van der Waals surface area contributed by atoms with Gasteiger partial charge in [-0.25, -0.2) is 9.37 Å². The van der Waals surface area contributed by atoms with Crippen LogP contribution in [0, 0.1) is 11.9 Å². The molecule has 1 nitrogen and oxygen atoms in total. The summed E-state index contributed by atoms with van der Waals surface area (Å²) in [6, 6.07) is 10.8. The summed E-state index contributed by atoms with van der Waals surface area (Å²) in [5.74, 6) is -0.378. The average molecular weight is 207 g/mol. The van der Waals surface area contributed by atoms with Crippen LogP contribution >= 0.6 is 11.6 Å². The zero-order chi connectivity index (χ0) is 9.97. The Labute approximate surface area is 86.2 Å². The lowest BCUT2D eigenvalue weighted by Crippen LogP contribution is -1.84. The number of halogens is 2. The fraction of sp³-hybridized carbons (Fsp3) is 0. The highest BCUT2D eigenvalue weighted by molar-refractivity contribution is 6.29. The molecule has 1 heterocycles. The molecule has 0 bridgehead atoms. The highest BCUT2D eigenvalue weighted by Gasteiger charge is 2.03. The second-order valence-electron chi connectivity index (χ2n) is 2.77. The molecule has 0 aliphatic heterocycles. The van der Waals surface area contributed by atoms with Gasteiger partial charge in [0.15, 0.2) is 0 Å². The van der Waals surface area contributed by atoms with E-state index in [1.807, 2.05) is 0 Å². The van der Waals surface area contributed by atoms with E-state index in [0.717, 1.165) is 0 Å². The first-order valence-electron chi connectivity index (χ1n) is 4.05. The summed E-state index contributed by atoms with van der Waals surface area (Å²) in [6.45, 7) is 0. The molecule has 69 valence electrons. The molecule has 0 aliphatic carbocycles. The van der Waals surface area contributed by atoms with Gasteiger partial charge in [-0.2, -0.15) is 0 Å². The maximum absolute atomic E-state index is 13.3. The molecule has 2 aromatic rings. The summed E-state index contributed by atoms with van der Waals surface area (Å²) >= 11 is 5.63. The van der Waals surface area contributed by atoms with E-state index in [9.17, 15) is 4.39 Å². The van der Waals surface area contributed by atoms with Gasteiger partial charge in [-0.05, 0) is 12.1 Å². The van der Waals surface area contributed by atoms with Crippen molar-refractivity contribution in [2.24, 2.45) is 0 Å². The quantitative estimate of drug-likeness (QED) is 0.653. The molecule has 0 fully saturated rings. The topological polar surface area (TPSA) is 12.9 Å². The smallest absolute Gasteiger partial charge is 0.139 e. The predicted octanol–water partition coefficient (Wildman–Crippen LogP) is 3.34. The van der Waals surface area contributed by atoms with E-state index in [0.29, 0.717) is 16.3 Å². The number of pyridine rings is 1. The Balaban J connectivity index is 2.50. The zero-order valence-electron chi connectivity index (χ0n) is 7.17. The molecule has 0 N–H and O–H groups in total. The van der Waals surface area contributed by atoms with Crippen LogP contribution in [-0.4, -0.2) is 4.98 Å². The number of rotatable bonds is 1. The molecule has 14 heavy (non-hydrogen) atoms. The molecule has 0 aliphatic rings. The van der Waals surface area contributed by atoms with Crippen molar-refractivity contribution in [2.75, 3.05) is 0 Å². The highest BCUT2D eigenvalue weighted by atomic mass is 35.5. The molecule has 0 unspecified atom stereocenters. The Morgan fingerprint density at radius 1 is 1.29 bits per heavy atom. The SMILES string of the molecule is Fc1[c]cccc1-c1ccc(Cl)nc1. The number of hydrogen-bond donors (Lipinski definition) is 0. The summed E-state index contributed by atoms with van der Waals surface area (Å²) < 4.78 is 13.3. The van der Waals surface area contributed by atoms with E-state index in [4.69, 9.17) is 11.6 Å². The van der Waals surface area contributed by atoms with Gasteiger partial charge in [0.25, 0.3) is 0 Å². The minimum Gasteiger partial charge on any atom is -0.244 e. The van der Waals surface area contributed by atoms with Crippen molar-refractivity contribution in [1.29, 1.82) is 0 Å². The van der Waals surface area contributed by atoms with Crippen molar-refractivity contribution in [1.82, 2.24) is 4.98 Å². The van der Waals surface area contributed by atoms with Crippen molar-refractivity contribution in [2.45, 2.75) is 0 Å². The minimum atomic E-state index is -0.378. The van der Waals surface area contributed by atoms with Crippen molar-refractivity contribution in [3.05, 3.63) is 53.6 Å². The standard InChI is InChI=1S/C11H6ClFN/c12-11-6-5-8(7-14-11)9-3-1-2-4-10(9)13/h1-3,5-7H. The van der Waals surface area contributed by atoms with Gasteiger partial charge < -0.3 is 0 Å². The van der Waals surface area contributed by atoms with Crippen LogP contribution in [0.15, 0.2) is 36.5 Å². The van der Waals surface area contributed by atoms with Gasteiger partial charge in [-0.1, -0.05) is 29.8 Å². The van der Waals surface area contributed by atoms with E-state index < -0.39 is 0 Å². The van der Waals surface area contributed by atoms with Crippen molar-refractivity contribution in [3.63, 3.8) is 0 Å². The highest BCUT2D eigenvalue weighted by Crippen LogP contribution is 2.21. The van der Waals surface area contributed by atoms with Gasteiger partial charge in [-0.3, -0.25) is 0 Å². The molecule has 0 spiro atoms. The van der Waals surface area contributed by atoms with Crippen LogP contribution < -0.4 is 0 Å². The van der Waals surface area contributed by atoms with Gasteiger partial charge in [0, 0.05) is 23.4 Å². The van der Waals surface area contributed by atoms with Crippen molar-refractivity contribution >= 4 is 11.6 Å². The van der Waals surface area contributed by atoms with E-state index in [-0.39, 0.29) is 5.82 Å². The van der Waals surface area contributed by atoms with E-state index in [1.54, 1.807) is 24.3 Å². The third-order valence-electron chi connectivity index (χ3n) is 1.84. The lowest BCUT2D eigenvalue weighted by atomic mass is 10.1. The Morgan fingerprint density at radius 2 is 2.14 bits per heavy atom. The minimum absolute atomic E-state index is 0.378. The molecule has 0 amide bonds. The molecule has 1 radical (unpaired) electrons. The molecule has 0 saturated carbocycles. The summed E-state index contributed by atoms with van der Waals surface area (Å²) in [5.41, 5.74) is 1.18. The lowest BCUT2D eigenvalue weighted by Gasteiger charge is -2.01. The van der Waals surface area contributed by atoms with E-state index in [2.05, 4.69) is 11.1 Å². The Hall–Kier alpha value is -1.41. The van der Waals surface area contributed by atoms with Crippen LogP contribution in [0.1, 0.15) is 0 Å². The molecule has 0 saturated heterocycles. The van der Waals surface area contributed by atoms with Crippen LogP contribution in [0.2, 0.25) is 5.15 Å². The Morgan fingerprint density at radius 3 is 2.79 bits per heavy atom. The second-order valence-corrected chi connectivity index (χ2v) is 3.15. The summed E-state index contributed by atoms with van der Waals surface area (Å²) in [4.78, 5) is 3.88. The molecule has 3 heteroatoms. The first-order valence-corrected chi connectivity index (χ1v) is 4.43. The molecular formula is C11H6ClFN. The number of hydrogen-bond acceptors (Lipinski definition) is 1. The zero-order valence-corrected chi connectivity index (χ0v) is 7.92. The Kier molecular flexibility index (Phi) is 2.46. The van der Waals surface area contributed by atoms with Gasteiger partial charge in [-0.15, -0.1) is 0 Å². The average Bonchev–Trinajstić information content (AvgIpc) is 2.20. The van der Waals surface area contributed by atoms with Gasteiger partial charge in [0.2, 0.25) is 0 Å². The van der Waals surface area contributed by atoms with Gasteiger partial charge in [0.05, 0.1) is 0 Å². The fourth-order valence-electron chi connectivity index (χ4n) is 1.17. The second kappa shape index (κ2) is 3.76. The number of nitrogens with zero attached hydrogens (tertiary/aromatic N) is 1. The first-order chi connectivity index (χ1) is 6.77.